The number of halogens is 2. The summed E-state index contributed by atoms with van der Waals surface area (Å²) in [5.41, 5.74) is 1.94. The second kappa shape index (κ2) is 11.8. The Labute approximate surface area is 221 Å². The highest BCUT2D eigenvalue weighted by atomic mass is 35.5. The molecule has 1 fully saturated rings. The van der Waals surface area contributed by atoms with Gasteiger partial charge in [-0.25, -0.2) is 4.98 Å². The molecule has 188 valence electrons. The number of furan rings is 1. The van der Waals surface area contributed by atoms with Crippen LogP contribution in [0.4, 0.5) is 17.5 Å². The fourth-order valence-corrected chi connectivity index (χ4v) is 4.90. The molecule has 2 N–H and O–H groups in total. The summed E-state index contributed by atoms with van der Waals surface area (Å²) < 4.78 is 5.44. The lowest BCUT2D eigenvalue weighted by molar-refractivity contribution is 0.254. The highest BCUT2D eigenvalue weighted by Gasteiger charge is 2.19. The lowest BCUT2D eigenvalue weighted by Crippen LogP contribution is -2.46. The van der Waals surface area contributed by atoms with Crippen LogP contribution in [-0.4, -0.2) is 54.1 Å². The number of benzene rings is 2. The molecule has 0 unspecified atom stereocenters. The zero-order valence-electron chi connectivity index (χ0n) is 20.1. The van der Waals surface area contributed by atoms with E-state index in [1.807, 2.05) is 54.6 Å². The molecule has 0 bridgehead atoms. The van der Waals surface area contributed by atoms with Gasteiger partial charge in [-0.3, -0.25) is 4.90 Å². The zero-order chi connectivity index (χ0) is 24.7. The highest BCUT2D eigenvalue weighted by Crippen LogP contribution is 2.33. The normalized spacial score (nSPS) is 14.3. The van der Waals surface area contributed by atoms with E-state index in [0.717, 1.165) is 80.3 Å². The summed E-state index contributed by atoms with van der Waals surface area (Å²) in [6.07, 6.45) is 3.84. The zero-order valence-corrected chi connectivity index (χ0v) is 21.6. The number of unbranched alkanes of at least 4 members (excludes halogenated alkanes) is 1. The van der Waals surface area contributed by atoms with Gasteiger partial charge in [-0.15, -0.1) is 0 Å². The van der Waals surface area contributed by atoms with Crippen molar-refractivity contribution in [1.82, 2.24) is 14.9 Å². The topological polar surface area (TPSA) is 69.5 Å². The minimum Gasteiger partial charge on any atom is -0.467 e. The van der Waals surface area contributed by atoms with E-state index in [1.165, 1.54) is 0 Å². The molecular formula is C27H30Cl2N6O. The van der Waals surface area contributed by atoms with E-state index in [-0.39, 0.29) is 0 Å². The first-order valence-corrected chi connectivity index (χ1v) is 13.1. The molecule has 2 aromatic heterocycles. The molecule has 0 amide bonds. The Morgan fingerprint density at radius 2 is 1.72 bits per heavy atom. The largest absolute Gasteiger partial charge is 0.467 e. The summed E-state index contributed by atoms with van der Waals surface area (Å²) in [6, 6.07) is 17.7. The molecule has 0 spiro atoms. The van der Waals surface area contributed by atoms with Gasteiger partial charge >= 0.3 is 0 Å². The lowest BCUT2D eigenvalue weighted by atomic mass is 10.2. The Bertz CT molecular complexity index is 1270. The number of nitrogens with one attached hydrogen (secondary N) is 2. The second-order valence-corrected chi connectivity index (χ2v) is 9.67. The summed E-state index contributed by atoms with van der Waals surface area (Å²) in [7, 11) is 0. The SMILES string of the molecule is Clc1cccc(N2CCN(CCCCNc3nc(NCc4ccco4)c4ccccc4n3)CC2)c1Cl. The molecule has 9 heteroatoms. The Morgan fingerprint density at radius 3 is 2.56 bits per heavy atom. The molecule has 0 saturated carbocycles. The molecule has 1 aliphatic heterocycles. The molecule has 3 heterocycles. The van der Waals surface area contributed by atoms with E-state index >= 15 is 0 Å². The van der Waals surface area contributed by atoms with E-state index < -0.39 is 0 Å². The molecule has 0 atom stereocenters. The molecule has 2 aromatic carbocycles. The first-order valence-electron chi connectivity index (χ1n) is 12.4. The average molecular weight is 525 g/mol. The van der Waals surface area contributed by atoms with Crippen LogP contribution in [0.2, 0.25) is 10.0 Å². The number of anilines is 3. The third-order valence-corrected chi connectivity index (χ3v) is 7.25. The molecule has 0 aliphatic carbocycles. The molecule has 5 rings (SSSR count). The van der Waals surface area contributed by atoms with Gasteiger partial charge in [0.05, 0.1) is 34.1 Å². The van der Waals surface area contributed by atoms with Crippen molar-refractivity contribution < 1.29 is 4.42 Å². The van der Waals surface area contributed by atoms with Gasteiger partial charge in [0.2, 0.25) is 5.95 Å². The van der Waals surface area contributed by atoms with Crippen LogP contribution < -0.4 is 15.5 Å². The van der Waals surface area contributed by atoms with Gasteiger partial charge in [0.15, 0.2) is 0 Å². The van der Waals surface area contributed by atoms with Crippen LogP contribution in [0.3, 0.4) is 0 Å². The number of hydrogen-bond acceptors (Lipinski definition) is 7. The number of fused-ring (bicyclic) bond motifs is 1. The highest BCUT2D eigenvalue weighted by molar-refractivity contribution is 6.43. The van der Waals surface area contributed by atoms with Crippen LogP contribution in [0, 0.1) is 0 Å². The van der Waals surface area contributed by atoms with Crippen LogP contribution in [0.15, 0.2) is 65.3 Å². The Balaban J connectivity index is 1.08. The van der Waals surface area contributed by atoms with Crippen molar-refractivity contribution in [2.45, 2.75) is 19.4 Å². The first-order chi connectivity index (χ1) is 17.7. The van der Waals surface area contributed by atoms with Gasteiger partial charge in [-0.1, -0.05) is 41.4 Å². The van der Waals surface area contributed by atoms with E-state index in [2.05, 4.69) is 20.4 Å². The van der Waals surface area contributed by atoms with E-state index in [4.69, 9.17) is 37.6 Å². The van der Waals surface area contributed by atoms with Crippen LogP contribution >= 0.6 is 23.2 Å². The van der Waals surface area contributed by atoms with Crippen LogP contribution in [0.1, 0.15) is 18.6 Å². The van der Waals surface area contributed by atoms with Crippen molar-refractivity contribution >= 4 is 51.6 Å². The maximum atomic E-state index is 6.40. The van der Waals surface area contributed by atoms with E-state index in [9.17, 15) is 0 Å². The smallest absolute Gasteiger partial charge is 0.225 e. The number of para-hydroxylation sites is 1. The van der Waals surface area contributed by atoms with Crippen LogP contribution in [0.25, 0.3) is 10.9 Å². The van der Waals surface area contributed by atoms with Crippen LogP contribution in [-0.2, 0) is 6.54 Å². The number of nitrogens with zero attached hydrogens (tertiary/aromatic N) is 4. The summed E-state index contributed by atoms with van der Waals surface area (Å²) >= 11 is 12.6. The standard InChI is InChI=1S/C27H30Cl2N6O/c28-22-9-5-11-24(25(22)29)35-16-14-34(15-17-35)13-4-3-12-30-27-32-23-10-2-1-8-21(23)26(33-27)31-19-20-7-6-18-36-20/h1-2,5-11,18H,3-4,12-17,19H2,(H2,30,31,32,33). The molecule has 0 radical (unpaired) electrons. The summed E-state index contributed by atoms with van der Waals surface area (Å²) in [5.74, 6) is 2.31. The lowest BCUT2D eigenvalue weighted by Gasteiger charge is -2.36. The molecule has 4 aromatic rings. The summed E-state index contributed by atoms with van der Waals surface area (Å²) in [5, 5.41) is 9.05. The van der Waals surface area contributed by atoms with E-state index in [1.54, 1.807) is 6.26 Å². The van der Waals surface area contributed by atoms with Gasteiger partial charge in [0, 0.05) is 38.1 Å². The third kappa shape index (κ3) is 6.03. The Hall–Kier alpha value is -3.00. The fourth-order valence-electron chi connectivity index (χ4n) is 4.48. The van der Waals surface area contributed by atoms with Gasteiger partial charge in [-0.2, -0.15) is 4.98 Å². The number of piperazine rings is 1. The summed E-state index contributed by atoms with van der Waals surface area (Å²) in [6.45, 7) is 6.43. The molecule has 1 saturated heterocycles. The first kappa shape index (κ1) is 24.7. The van der Waals surface area contributed by atoms with Crippen molar-refractivity contribution in [2.24, 2.45) is 0 Å². The van der Waals surface area contributed by atoms with Gasteiger partial charge in [0.1, 0.15) is 11.6 Å². The molecule has 1 aliphatic rings. The fraction of sp³-hybridized carbons (Fsp3) is 0.333. The van der Waals surface area contributed by atoms with Crippen LogP contribution in [0.5, 0.6) is 0 Å². The molecule has 36 heavy (non-hydrogen) atoms. The maximum absolute atomic E-state index is 6.40. The third-order valence-electron chi connectivity index (χ3n) is 6.44. The molecule has 7 nitrogen and oxygen atoms in total. The van der Waals surface area contributed by atoms with E-state index in [0.29, 0.717) is 22.5 Å². The van der Waals surface area contributed by atoms with Crippen molar-refractivity contribution in [3.8, 4) is 0 Å². The Kier molecular flexibility index (Phi) is 8.11. The van der Waals surface area contributed by atoms with Gasteiger partial charge in [0.25, 0.3) is 0 Å². The Morgan fingerprint density at radius 1 is 0.861 bits per heavy atom. The quantitative estimate of drug-likeness (QED) is 0.241. The van der Waals surface area contributed by atoms with Gasteiger partial charge in [-0.05, 0) is 55.8 Å². The van der Waals surface area contributed by atoms with Crippen molar-refractivity contribution in [3.63, 3.8) is 0 Å². The van der Waals surface area contributed by atoms with Gasteiger partial charge < -0.3 is 20.0 Å². The predicted octanol–water partition coefficient (Wildman–Crippen LogP) is 6.16. The number of aromatic nitrogens is 2. The van der Waals surface area contributed by atoms with Crippen molar-refractivity contribution in [2.75, 3.05) is 54.8 Å². The number of rotatable bonds is 10. The van der Waals surface area contributed by atoms with Crippen molar-refractivity contribution in [1.29, 1.82) is 0 Å². The average Bonchev–Trinajstić information content (AvgIpc) is 3.43. The predicted molar refractivity (Wildman–Crippen MR) is 148 cm³/mol. The maximum Gasteiger partial charge on any atom is 0.225 e. The minimum absolute atomic E-state index is 0.574. The number of hydrogen-bond donors (Lipinski definition) is 2. The monoisotopic (exact) mass is 524 g/mol. The summed E-state index contributed by atoms with van der Waals surface area (Å²) in [4.78, 5) is 14.3. The molecular weight excluding hydrogens is 495 g/mol. The van der Waals surface area contributed by atoms with Crippen molar-refractivity contribution in [3.05, 3.63) is 76.7 Å². The second-order valence-electron chi connectivity index (χ2n) is 8.88. The minimum atomic E-state index is 0.574.